The van der Waals surface area contributed by atoms with Gasteiger partial charge in [-0.25, -0.2) is 8.42 Å². The first-order valence-electron chi connectivity index (χ1n) is 13.1. The highest BCUT2D eigenvalue weighted by Gasteiger charge is 2.34. The van der Waals surface area contributed by atoms with Crippen LogP contribution in [-0.2, 0) is 32.6 Å². The van der Waals surface area contributed by atoms with Crippen LogP contribution in [0.1, 0.15) is 37.0 Å². The van der Waals surface area contributed by atoms with Crippen molar-refractivity contribution in [1.82, 2.24) is 10.2 Å². The molecule has 0 spiro atoms. The minimum atomic E-state index is -3.91. The molecule has 2 amide bonds. The normalized spacial score (nSPS) is 12.9. The van der Waals surface area contributed by atoms with Crippen molar-refractivity contribution in [3.05, 3.63) is 98.5 Å². The van der Waals surface area contributed by atoms with Gasteiger partial charge < -0.3 is 10.2 Å². The third kappa shape index (κ3) is 8.85. The highest BCUT2D eigenvalue weighted by molar-refractivity contribution is 7.92. The SMILES string of the molecule is CC[C@H](C)NC(=O)[C@H](Cc1ccccc1)N(Cc1c(Cl)cccc1Cl)C(=O)CN(c1ccc(Cl)cc1C)S(C)(=O)=O. The average Bonchev–Trinajstić information content (AvgIpc) is 2.90. The number of sulfonamides is 1. The molecule has 41 heavy (non-hydrogen) atoms. The van der Waals surface area contributed by atoms with Gasteiger partial charge in [0.05, 0.1) is 11.9 Å². The van der Waals surface area contributed by atoms with Crippen molar-refractivity contribution in [2.75, 3.05) is 17.1 Å². The molecule has 0 fully saturated rings. The van der Waals surface area contributed by atoms with Crippen molar-refractivity contribution >= 4 is 62.3 Å². The minimum absolute atomic E-state index is 0.111. The summed E-state index contributed by atoms with van der Waals surface area (Å²) in [6.45, 7) is 4.87. The van der Waals surface area contributed by atoms with Gasteiger partial charge in [0, 0.05) is 39.6 Å². The van der Waals surface area contributed by atoms with Gasteiger partial charge in [0.25, 0.3) is 0 Å². The van der Waals surface area contributed by atoms with E-state index in [-0.39, 0.29) is 24.9 Å². The van der Waals surface area contributed by atoms with Crippen molar-refractivity contribution in [1.29, 1.82) is 0 Å². The van der Waals surface area contributed by atoms with Gasteiger partial charge in [-0.15, -0.1) is 0 Å². The van der Waals surface area contributed by atoms with E-state index < -0.39 is 28.5 Å². The van der Waals surface area contributed by atoms with Crippen molar-refractivity contribution in [2.24, 2.45) is 0 Å². The Balaban J connectivity index is 2.13. The summed E-state index contributed by atoms with van der Waals surface area (Å²) in [7, 11) is -3.91. The summed E-state index contributed by atoms with van der Waals surface area (Å²) in [6, 6.07) is 17.9. The second-order valence-corrected chi connectivity index (χ2v) is 13.1. The van der Waals surface area contributed by atoms with Crippen LogP contribution >= 0.6 is 34.8 Å². The lowest BCUT2D eigenvalue weighted by Gasteiger charge is -2.34. The Morgan fingerprint density at radius 1 is 0.951 bits per heavy atom. The number of benzene rings is 3. The van der Waals surface area contributed by atoms with Crippen LogP contribution in [0.15, 0.2) is 66.7 Å². The van der Waals surface area contributed by atoms with Crippen molar-refractivity contribution in [3.63, 3.8) is 0 Å². The molecule has 2 atom stereocenters. The number of halogens is 3. The van der Waals surface area contributed by atoms with Crippen molar-refractivity contribution < 1.29 is 18.0 Å². The Bertz CT molecular complexity index is 1470. The summed E-state index contributed by atoms with van der Waals surface area (Å²) in [5.41, 5.74) is 2.16. The monoisotopic (exact) mass is 637 g/mol. The van der Waals surface area contributed by atoms with E-state index in [1.165, 1.54) is 4.90 Å². The number of amides is 2. The third-order valence-electron chi connectivity index (χ3n) is 6.77. The Hall–Kier alpha value is -2.78. The van der Waals surface area contributed by atoms with E-state index in [9.17, 15) is 18.0 Å². The van der Waals surface area contributed by atoms with E-state index in [2.05, 4.69) is 5.32 Å². The van der Waals surface area contributed by atoms with Crippen LogP contribution in [0, 0.1) is 6.92 Å². The second-order valence-electron chi connectivity index (χ2n) is 9.95. The van der Waals surface area contributed by atoms with E-state index >= 15 is 0 Å². The molecule has 0 aromatic heterocycles. The van der Waals surface area contributed by atoms with Gasteiger partial charge in [-0.1, -0.05) is 78.1 Å². The fourth-order valence-electron chi connectivity index (χ4n) is 4.34. The van der Waals surface area contributed by atoms with Crippen LogP contribution in [0.25, 0.3) is 0 Å². The van der Waals surface area contributed by atoms with E-state index in [4.69, 9.17) is 34.8 Å². The van der Waals surface area contributed by atoms with Crippen LogP contribution in [0.2, 0.25) is 15.1 Å². The molecular weight excluding hydrogens is 605 g/mol. The molecule has 0 saturated carbocycles. The molecule has 0 heterocycles. The topological polar surface area (TPSA) is 86.8 Å². The van der Waals surface area contributed by atoms with Gasteiger partial charge in [-0.05, 0) is 61.7 Å². The Kier molecular flexibility index (Phi) is 11.5. The van der Waals surface area contributed by atoms with Crippen LogP contribution < -0.4 is 9.62 Å². The number of rotatable bonds is 12. The standard InChI is InChI=1S/C30H34Cl3N3O4S/c1-5-21(3)34-30(38)28(17-22-10-7-6-8-11-22)35(18-24-25(32)12-9-13-26(24)33)29(37)19-36(41(4,39)40)27-15-14-23(31)16-20(27)2/h6-16,21,28H,5,17-19H2,1-4H3,(H,34,38)/t21-,28-/m0/s1. The van der Waals surface area contributed by atoms with E-state index in [0.29, 0.717) is 38.3 Å². The van der Waals surface area contributed by atoms with E-state index in [1.54, 1.807) is 43.3 Å². The molecular formula is C30H34Cl3N3O4S. The number of nitrogens with zero attached hydrogens (tertiary/aromatic N) is 2. The number of hydrogen-bond donors (Lipinski definition) is 1. The van der Waals surface area contributed by atoms with Gasteiger partial charge in [0.1, 0.15) is 12.6 Å². The van der Waals surface area contributed by atoms with Crippen LogP contribution in [-0.4, -0.2) is 50.0 Å². The zero-order chi connectivity index (χ0) is 30.3. The number of hydrogen-bond acceptors (Lipinski definition) is 4. The maximum absolute atomic E-state index is 14.2. The van der Waals surface area contributed by atoms with E-state index in [0.717, 1.165) is 16.1 Å². The fraction of sp³-hybridized carbons (Fsp3) is 0.333. The van der Waals surface area contributed by atoms with E-state index in [1.807, 2.05) is 44.2 Å². The summed E-state index contributed by atoms with van der Waals surface area (Å²) < 4.78 is 27.0. The highest BCUT2D eigenvalue weighted by Crippen LogP contribution is 2.29. The number of carbonyl (C=O) groups excluding carboxylic acids is 2. The first-order valence-corrected chi connectivity index (χ1v) is 16.1. The predicted molar refractivity (Wildman–Crippen MR) is 167 cm³/mol. The molecule has 11 heteroatoms. The molecule has 220 valence electrons. The summed E-state index contributed by atoms with van der Waals surface area (Å²) in [6.07, 6.45) is 1.90. The summed E-state index contributed by atoms with van der Waals surface area (Å²) in [4.78, 5) is 29.3. The zero-order valence-corrected chi connectivity index (χ0v) is 26.5. The predicted octanol–water partition coefficient (Wildman–Crippen LogP) is 6.28. The number of anilines is 1. The molecule has 3 aromatic carbocycles. The minimum Gasteiger partial charge on any atom is -0.352 e. The van der Waals surface area contributed by atoms with Crippen LogP contribution in [0.5, 0.6) is 0 Å². The third-order valence-corrected chi connectivity index (χ3v) is 8.84. The smallest absolute Gasteiger partial charge is 0.244 e. The Labute approximate surface area is 257 Å². The second kappa shape index (κ2) is 14.4. The zero-order valence-electron chi connectivity index (χ0n) is 23.4. The molecule has 0 radical (unpaired) electrons. The lowest BCUT2D eigenvalue weighted by atomic mass is 10.0. The van der Waals surface area contributed by atoms with Crippen LogP contribution in [0.4, 0.5) is 5.69 Å². The quantitative estimate of drug-likeness (QED) is 0.253. The molecule has 0 unspecified atom stereocenters. The fourth-order valence-corrected chi connectivity index (χ4v) is 5.99. The molecule has 1 N–H and O–H groups in total. The molecule has 0 aliphatic heterocycles. The number of aryl methyl sites for hydroxylation is 1. The summed E-state index contributed by atoms with van der Waals surface area (Å²) in [5.74, 6) is -0.964. The molecule has 0 aliphatic carbocycles. The molecule has 0 aliphatic rings. The van der Waals surface area contributed by atoms with Crippen molar-refractivity contribution in [3.8, 4) is 0 Å². The molecule has 3 aromatic rings. The summed E-state index contributed by atoms with van der Waals surface area (Å²) in [5, 5.41) is 4.07. The van der Waals surface area contributed by atoms with Gasteiger partial charge in [-0.2, -0.15) is 0 Å². The number of carbonyl (C=O) groups is 2. The number of nitrogens with one attached hydrogen (secondary N) is 1. The van der Waals surface area contributed by atoms with Gasteiger partial charge >= 0.3 is 0 Å². The largest absolute Gasteiger partial charge is 0.352 e. The van der Waals surface area contributed by atoms with Gasteiger partial charge in [0.15, 0.2) is 0 Å². The first kappa shape index (κ1) is 32.7. The molecule has 3 rings (SSSR count). The Morgan fingerprint density at radius 2 is 1.59 bits per heavy atom. The lowest BCUT2D eigenvalue weighted by Crippen LogP contribution is -2.54. The Morgan fingerprint density at radius 3 is 2.15 bits per heavy atom. The first-order chi connectivity index (χ1) is 19.3. The van der Waals surface area contributed by atoms with Crippen molar-refractivity contribution in [2.45, 2.75) is 52.2 Å². The average molecular weight is 639 g/mol. The molecule has 7 nitrogen and oxygen atoms in total. The lowest BCUT2D eigenvalue weighted by molar-refractivity contribution is -0.140. The van der Waals surface area contributed by atoms with Gasteiger partial charge in [0.2, 0.25) is 21.8 Å². The van der Waals surface area contributed by atoms with Crippen LogP contribution in [0.3, 0.4) is 0 Å². The van der Waals surface area contributed by atoms with Gasteiger partial charge in [-0.3, -0.25) is 13.9 Å². The maximum atomic E-state index is 14.2. The highest BCUT2D eigenvalue weighted by atomic mass is 35.5. The maximum Gasteiger partial charge on any atom is 0.244 e. The molecule has 0 saturated heterocycles. The molecule has 0 bridgehead atoms. The summed E-state index contributed by atoms with van der Waals surface area (Å²) >= 11 is 19.1.